The lowest BCUT2D eigenvalue weighted by Gasteiger charge is -2.46. The van der Waals surface area contributed by atoms with Crippen molar-refractivity contribution in [2.75, 3.05) is 18.5 Å². The molecule has 182 valence electrons. The van der Waals surface area contributed by atoms with Crippen LogP contribution in [0.2, 0.25) is 0 Å². The third-order valence-electron chi connectivity index (χ3n) is 6.96. The number of hydrogen-bond donors (Lipinski definition) is 3. The van der Waals surface area contributed by atoms with Gasteiger partial charge in [-0.2, -0.15) is 0 Å². The fourth-order valence-electron chi connectivity index (χ4n) is 5.26. The highest BCUT2D eigenvalue weighted by molar-refractivity contribution is 6.02. The molecule has 0 aliphatic carbocycles. The second kappa shape index (κ2) is 8.39. The summed E-state index contributed by atoms with van der Waals surface area (Å²) < 4.78 is 19.9. The van der Waals surface area contributed by atoms with Crippen LogP contribution in [0.15, 0.2) is 60.7 Å². The molecule has 0 bridgehead atoms. The minimum atomic E-state index is -0.579. The number of carbonyl (C=O) groups is 2. The highest BCUT2D eigenvalue weighted by atomic mass is 19.1. The molecule has 2 aliphatic heterocycles. The summed E-state index contributed by atoms with van der Waals surface area (Å²) in [6.07, 6.45) is 0.356. The maximum absolute atomic E-state index is 13.8. The van der Waals surface area contributed by atoms with E-state index in [4.69, 9.17) is 9.94 Å². The van der Waals surface area contributed by atoms with Gasteiger partial charge in [0.2, 0.25) is 0 Å². The number of amides is 2. The van der Waals surface area contributed by atoms with Gasteiger partial charge in [-0.05, 0) is 66.1 Å². The van der Waals surface area contributed by atoms with Gasteiger partial charge in [0.25, 0.3) is 11.8 Å². The topological polar surface area (TPSA) is 97.9 Å². The van der Waals surface area contributed by atoms with Crippen LogP contribution in [0.4, 0.5) is 10.1 Å². The predicted molar refractivity (Wildman–Crippen MR) is 131 cm³/mol. The number of benzene rings is 3. The van der Waals surface area contributed by atoms with Crippen molar-refractivity contribution >= 4 is 28.4 Å². The Bertz CT molecular complexity index is 1530. The van der Waals surface area contributed by atoms with Crippen molar-refractivity contribution in [3.05, 3.63) is 94.4 Å². The number of halogens is 1. The molecule has 1 unspecified atom stereocenters. The van der Waals surface area contributed by atoms with E-state index in [0.29, 0.717) is 35.5 Å². The van der Waals surface area contributed by atoms with Crippen molar-refractivity contribution in [2.45, 2.75) is 19.2 Å². The summed E-state index contributed by atoms with van der Waals surface area (Å²) in [5.74, 6) is -0.492. The zero-order valence-electron chi connectivity index (χ0n) is 19.4. The number of rotatable bonds is 4. The van der Waals surface area contributed by atoms with Crippen LogP contribution >= 0.6 is 0 Å². The molecule has 3 heterocycles. The van der Waals surface area contributed by atoms with Crippen molar-refractivity contribution in [3.8, 4) is 5.75 Å². The van der Waals surface area contributed by atoms with Gasteiger partial charge >= 0.3 is 0 Å². The standard InChI is InChI=1S/C27H23FN4O4/c1-31-23-8-5-17(28)12-21(23)27(34)32-10-9-19-20-13-18(6-7-22(20)29-24(19)26(31)32)36-14-15-3-2-4-16(11-15)25(33)30-35/h2-8,11-13,26,29,35H,9-10,14H2,1H3,(H,30,33). The Hall–Kier alpha value is -4.37. The van der Waals surface area contributed by atoms with E-state index in [1.54, 1.807) is 34.6 Å². The van der Waals surface area contributed by atoms with E-state index in [-0.39, 0.29) is 18.7 Å². The van der Waals surface area contributed by atoms with Crippen molar-refractivity contribution in [2.24, 2.45) is 0 Å². The normalized spacial score (nSPS) is 16.4. The molecule has 2 amide bonds. The van der Waals surface area contributed by atoms with E-state index in [1.165, 1.54) is 12.1 Å². The molecule has 0 saturated heterocycles. The number of ether oxygens (including phenoxy) is 1. The van der Waals surface area contributed by atoms with Crippen LogP contribution in [0.3, 0.4) is 0 Å². The van der Waals surface area contributed by atoms with Crippen LogP contribution in [-0.2, 0) is 13.0 Å². The number of fused-ring (bicyclic) bond motifs is 6. The first-order valence-corrected chi connectivity index (χ1v) is 11.6. The number of nitrogens with one attached hydrogen (secondary N) is 2. The van der Waals surface area contributed by atoms with E-state index in [1.807, 2.05) is 36.2 Å². The quantitative estimate of drug-likeness (QED) is 0.297. The smallest absolute Gasteiger partial charge is 0.274 e. The van der Waals surface area contributed by atoms with E-state index in [2.05, 4.69) is 4.98 Å². The van der Waals surface area contributed by atoms with Gasteiger partial charge in [0, 0.05) is 30.1 Å². The lowest BCUT2D eigenvalue weighted by atomic mass is 9.96. The van der Waals surface area contributed by atoms with Gasteiger partial charge in [-0.1, -0.05) is 12.1 Å². The lowest BCUT2D eigenvalue weighted by molar-refractivity contribution is 0.0633. The molecule has 6 rings (SSSR count). The first-order chi connectivity index (χ1) is 17.4. The number of hydrogen-bond acceptors (Lipinski definition) is 5. The van der Waals surface area contributed by atoms with Gasteiger partial charge in [-0.15, -0.1) is 0 Å². The summed E-state index contributed by atoms with van der Waals surface area (Å²) in [4.78, 5) is 32.2. The predicted octanol–water partition coefficient (Wildman–Crippen LogP) is 4.15. The summed E-state index contributed by atoms with van der Waals surface area (Å²) in [5.41, 5.74) is 6.87. The second-order valence-electron chi connectivity index (χ2n) is 9.05. The lowest BCUT2D eigenvalue weighted by Crippen LogP contribution is -2.51. The Morgan fingerprint density at radius 1 is 1.19 bits per heavy atom. The van der Waals surface area contributed by atoms with Gasteiger partial charge < -0.3 is 19.5 Å². The monoisotopic (exact) mass is 486 g/mol. The zero-order chi connectivity index (χ0) is 25.0. The van der Waals surface area contributed by atoms with Gasteiger partial charge in [0.15, 0.2) is 0 Å². The highest BCUT2D eigenvalue weighted by Crippen LogP contribution is 2.43. The first-order valence-electron chi connectivity index (χ1n) is 11.6. The number of aromatic nitrogens is 1. The Kier molecular flexibility index (Phi) is 5.15. The third-order valence-corrected chi connectivity index (χ3v) is 6.96. The van der Waals surface area contributed by atoms with Crippen LogP contribution in [0.25, 0.3) is 10.9 Å². The minimum absolute atomic E-state index is 0.168. The number of nitrogens with zero attached hydrogens (tertiary/aromatic N) is 2. The van der Waals surface area contributed by atoms with Crippen molar-refractivity contribution < 1.29 is 23.9 Å². The summed E-state index contributed by atoms with van der Waals surface area (Å²) in [6, 6.07) is 17.0. The van der Waals surface area contributed by atoms with Crippen molar-refractivity contribution in [3.63, 3.8) is 0 Å². The maximum atomic E-state index is 13.8. The average molecular weight is 487 g/mol. The first kappa shape index (κ1) is 22.1. The molecule has 0 fully saturated rings. The summed E-state index contributed by atoms with van der Waals surface area (Å²) in [7, 11) is 1.92. The highest BCUT2D eigenvalue weighted by Gasteiger charge is 2.41. The number of hydroxylamine groups is 1. The molecular weight excluding hydrogens is 463 g/mol. The van der Waals surface area contributed by atoms with Crippen LogP contribution in [0.1, 0.15) is 43.7 Å². The Balaban J connectivity index is 1.30. The molecule has 0 saturated carbocycles. The molecule has 9 heteroatoms. The van der Waals surface area contributed by atoms with Crippen LogP contribution in [0, 0.1) is 5.82 Å². The maximum Gasteiger partial charge on any atom is 0.274 e. The zero-order valence-corrected chi connectivity index (χ0v) is 19.4. The van der Waals surface area contributed by atoms with Crippen molar-refractivity contribution in [1.29, 1.82) is 0 Å². The van der Waals surface area contributed by atoms with Crippen LogP contribution < -0.4 is 15.1 Å². The average Bonchev–Trinajstić information content (AvgIpc) is 3.27. The summed E-state index contributed by atoms with van der Waals surface area (Å²) in [5, 5.41) is 9.88. The van der Waals surface area contributed by atoms with E-state index >= 15 is 0 Å². The second-order valence-corrected chi connectivity index (χ2v) is 9.05. The summed E-state index contributed by atoms with van der Waals surface area (Å²) in [6.45, 7) is 0.778. The van der Waals surface area contributed by atoms with Gasteiger partial charge in [0.05, 0.1) is 16.9 Å². The van der Waals surface area contributed by atoms with E-state index < -0.39 is 11.7 Å². The fraction of sp³-hybridized carbons (Fsp3) is 0.185. The number of aromatic amines is 1. The molecule has 4 aromatic rings. The molecular formula is C27H23FN4O4. The molecule has 1 atom stereocenters. The molecule has 2 aliphatic rings. The molecule has 1 aromatic heterocycles. The number of anilines is 1. The molecule has 3 N–H and O–H groups in total. The minimum Gasteiger partial charge on any atom is -0.489 e. The fourth-order valence-corrected chi connectivity index (χ4v) is 5.26. The largest absolute Gasteiger partial charge is 0.489 e. The summed E-state index contributed by atoms with van der Waals surface area (Å²) >= 11 is 0. The van der Waals surface area contributed by atoms with Crippen molar-refractivity contribution in [1.82, 2.24) is 15.4 Å². The molecule has 0 radical (unpaired) electrons. The number of carbonyl (C=O) groups excluding carboxylic acids is 2. The molecule has 0 spiro atoms. The Morgan fingerprint density at radius 3 is 2.89 bits per heavy atom. The van der Waals surface area contributed by atoms with Crippen LogP contribution in [0.5, 0.6) is 5.75 Å². The van der Waals surface area contributed by atoms with Gasteiger partial charge in [-0.25, -0.2) is 9.87 Å². The molecule has 3 aromatic carbocycles. The van der Waals surface area contributed by atoms with Gasteiger partial charge in [-0.3, -0.25) is 14.8 Å². The van der Waals surface area contributed by atoms with E-state index in [9.17, 15) is 14.0 Å². The van der Waals surface area contributed by atoms with Crippen LogP contribution in [-0.4, -0.2) is 40.5 Å². The molecule has 8 nitrogen and oxygen atoms in total. The Morgan fingerprint density at radius 2 is 2.06 bits per heavy atom. The van der Waals surface area contributed by atoms with Gasteiger partial charge in [0.1, 0.15) is 24.3 Å². The Labute approximate surface area is 205 Å². The number of H-pyrrole nitrogens is 1. The third kappa shape index (κ3) is 3.47. The van der Waals surface area contributed by atoms with E-state index in [0.717, 1.165) is 27.7 Å². The SMILES string of the molecule is CN1c2ccc(F)cc2C(=O)N2CCc3c([nH]c4ccc(OCc5cccc(C(=O)NO)c5)cc34)C21. The molecule has 36 heavy (non-hydrogen) atoms.